The topological polar surface area (TPSA) is 64.4 Å². The number of benzene rings is 2. The van der Waals surface area contributed by atoms with E-state index in [1.165, 1.54) is 0 Å². The lowest BCUT2D eigenvalue weighted by molar-refractivity contribution is -0.385. The molecule has 2 aliphatic rings. The molecular weight excluding hydrogens is 316 g/mol. The Morgan fingerprint density at radius 1 is 1.24 bits per heavy atom. The normalized spacial score (nSPS) is 23.5. The van der Waals surface area contributed by atoms with Crippen LogP contribution in [0.4, 0.5) is 11.4 Å². The summed E-state index contributed by atoms with van der Waals surface area (Å²) < 4.78 is 5.57. The van der Waals surface area contributed by atoms with Gasteiger partial charge < -0.3 is 10.1 Å². The maximum atomic E-state index is 11.3. The second-order valence-corrected chi connectivity index (χ2v) is 6.70. The number of aryl methyl sites for hydroxylation is 1. The van der Waals surface area contributed by atoms with E-state index in [2.05, 4.69) is 23.5 Å². The van der Waals surface area contributed by atoms with Crippen LogP contribution in [0.3, 0.4) is 0 Å². The first kappa shape index (κ1) is 15.7. The average Bonchev–Trinajstić information content (AvgIpc) is 3.11. The van der Waals surface area contributed by atoms with Crippen LogP contribution in [-0.2, 0) is 0 Å². The zero-order valence-corrected chi connectivity index (χ0v) is 14.2. The number of nitro benzene ring substituents is 1. The van der Waals surface area contributed by atoms with E-state index in [9.17, 15) is 10.1 Å². The van der Waals surface area contributed by atoms with Crippen LogP contribution in [0.1, 0.15) is 35.1 Å². The summed E-state index contributed by atoms with van der Waals surface area (Å²) in [6.45, 7) is 1.93. The molecule has 5 heteroatoms. The molecule has 0 saturated heterocycles. The van der Waals surface area contributed by atoms with E-state index in [1.54, 1.807) is 19.2 Å². The summed E-state index contributed by atoms with van der Waals surface area (Å²) in [5.41, 5.74) is 4.23. The van der Waals surface area contributed by atoms with E-state index in [0.29, 0.717) is 5.92 Å². The molecule has 0 aromatic heterocycles. The number of methoxy groups -OCH3 is 1. The first-order valence-corrected chi connectivity index (χ1v) is 8.45. The number of nitrogens with zero attached hydrogens (tertiary/aromatic N) is 1. The van der Waals surface area contributed by atoms with Gasteiger partial charge in [-0.3, -0.25) is 10.1 Å². The number of para-hydroxylation sites is 1. The van der Waals surface area contributed by atoms with Gasteiger partial charge in [0.2, 0.25) is 0 Å². The Morgan fingerprint density at radius 3 is 2.80 bits per heavy atom. The van der Waals surface area contributed by atoms with Gasteiger partial charge in [0.05, 0.1) is 18.1 Å². The maximum Gasteiger partial charge on any atom is 0.270 e. The van der Waals surface area contributed by atoms with Crippen molar-refractivity contribution in [1.29, 1.82) is 0 Å². The van der Waals surface area contributed by atoms with E-state index < -0.39 is 0 Å². The van der Waals surface area contributed by atoms with Crippen LogP contribution < -0.4 is 10.1 Å². The summed E-state index contributed by atoms with van der Waals surface area (Å²) in [5.74, 6) is 1.38. The van der Waals surface area contributed by atoms with Gasteiger partial charge >= 0.3 is 0 Å². The third-order valence-corrected chi connectivity index (χ3v) is 5.34. The Labute approximate surface area is 146 Å². The van der Waals surface area contributed by atoms with Crippen LogP contribution in [0.5, 0.6) is 5.75 Å². The van der Waals surface area contributed by atoms with Gasteiger partial charge in [-0.05, 0) is 36.5 Å². The minimum Gasteiger partial charge on any atom is -0.496 e. The summed E-state index contributed by atoms with van der Waals surface area (Å²) >= 11 is 0. The molecule has 0 amide bonds. The van der Waals surface area contributed by atoms with Crippen molar-refractivity contribution < 1.29 is 9.66 Å². The predicted octanol–water partition coefficient (Wildman–Crippen LogP) is 4.74. The number of nitro groups is 1. The lowest BCUT2D eigenvalue weighted by Gasteiger charge is -2.38. The van der Waals surface area contributed by atoms with Crippen molar-refractivity contribution in [2.45, 2.75) is 25.3 Å². The molecule has 0 bridgehead atoms. The Kier molecular flexibility index (Phi) is 3.71. The molecule has 0 saturated carbocycles. The number of non-ortho nitro benzene ring substituents is 1. The molecule has 2 aromatic carbocycles. The molecule has 0 spiro atoms. The predicted molar refractivity (Wildman–Crippen MR) is 97.2 cm³/mol. The minimum absolute atomic E-state index is 0.115. The van der Waals surface area contributed by atoms with Crippen molar-refractivity contribution in [2.24, 2.45) is 5.92 Å². The fraction of sp³-hybridized carbons (Fsp3) is 0.300. The highest BCUT2D eigenvalue weighted by Crippen LogP contribution is 2.52. The smallest absolute Gasteiger partial charge is 0.270 e. The maximum absolute atomic E-state index is 11.3. The van der Waals surface area contributed by atoms with Gasteiger partial charge in [-0.2, -0.15) is 0 Å². The van der Waals surface area contributed by atoms with Crippen LogP contribution in [0.15, 0.2) is 48.6 Å². The number of hydrogen-bond donors (Lipinski definition) is 1. The van der Waals surface area contributed by atoms with Gasteiger partial charge in [-0.25, -0.2) is 0 Å². The summed E-state index contributed by atoms with van der Waals surface area (Å²) in [6, 6.07) is 11.5. The number of rotatable bonds is 3. The van der Waals surface area contributed by atoms with Crippen LogP contribution in [0.25, 0.3) is 0 Å². The average molecular weight is 336 g/mol. The Morgan fingerprint density at radius 2 is 2.04 bits per heavy atom. The number of ether oxygens (including phenoxy) is 1. The van der Waals surface area contributed by atoms with Crippen LogP contribution in [-0.4, -0.2) is 12.0 Å². The summed E-state index contributed by atoms with van der Waals surface area (Å²) in [4.78, 5) is 10.9. The number of hydrogen-bond acceptors (Lipinski definition) is 4. The molecule has 1 heterocycles. The van der Waals surface area contributed by atoms with Crippen molar-refractivity contribution in [3.8, 4) is 5.75 Å². The Bertz CT molecular complexity index is 875. The van der Waals surface area contributed by atoms with Crippen molar-refractivity contribution in [3.63, 3.8) is 0 Å². The van der Waals surface area contributed by atoms with Gasteiger partial charge in [0.1, 0.15) is 5.75 Å². The van der Waals surface area contributed by atoms with Crippen molar-refractivity contribution in [2.75, 3.05) is 12.4 Å². The number of fused-ring (bicyclic) bond motifs is 3. The van der Waals surface area contributed by atoms with Crippen molar-refractivity contribution >= 4 is 11.4 Å². The Balaban J connectivity index is 1.84. The first-order chi connectivity index (χ1) is 12.1. The third kappa shape index (κ3) is 2.47. The Hall–Kier alpha value is -2.82. The molecule has 1 N–H and O–H groups in total. The largest absolute Gasteiger partial charge is 0.496 e. The standard InChI is InChI=1S/C20H20N2O3/c1-12-10-13(22(23)24)11-17-14-7-5-8-15(14)20(21-19(12)17)16-6-3-4-9-18(16)25-2/h3-7,9-11,14-15,20-21H,8H2,1-2H3/t14-,15+,20+/m0/s1. The highest BCUT2D eigenvalue weighted by atomic mass is 16.6. The molecule has 3 atom stereocenters. The van der Waals surface area contributed by atoms with E-state index in [1.807, 2.05) is 25.1 Å². The number of allylic oxidation sites excluding steroid dienone is 2. The molecule has 25 heavy (non-hydrogen) atoms. The van der Waals surface area contributed by atoms with Crippen molar-refractivity contribution in [1.82, 2.24) is 0 Å². The quantitative estimate of drug-likeness (QED) is 0.499. The number of anilines is 1. The molecule has 5 nitrogen and oxygen atoms in total. The third-order valence-electron chi connectivity index (χ3n) is 5.34. The van der Waals surface area contributed by atoms with Crippen LogP contribution >= 0.6 is 0 Å². The lowest BCUT2D eigenvalue weighted by atomic mass is 9.76. The van der Waals surface area contributed by atoms with Gasteiger partial charge in [-0.15, -0.1) is 0 Å². The molecule has 0 fully saturated rings. The molecular formula is C20H20N2O3. The zero-order chi connectivity index (χ0) is 17.6. The molecule has 2 aromatic rings. The molecule has 0 unspecified atom stereocenters. The van der Waals surface area contributed by atoms with Gasteiger partial charge in [0.25, 0.3) is 5.69 Å². The van der Waals surface area contributed by atoms with Gasteiger partial charge in [0.15, 0.2) is 0 Å². The molecule has 0 radical (unpaired) electrons. The molecule has 1 aliphatic carbocycles. The lowest BCUT2D eigenvalue weighted by Crippen LogP contribution is -2.30. The van der Waals surface area contributed by atoms with Crippen LogP contribution in [0, 0.1) is 23.0 Å². The summed E-state index contributed by atoms with van der Waals surface area (Å²) in [6.07, 6.45) is 5.32. The van der Waals surface area contributed by atoms with Crippen molar-refractivity contribution in [3.05, 3.63) is 75.4 Å². The first-order valence-electron chi connectivity index (χ1n) is 8.45. The highest BCUT2D eigenvalue weighted by Gasteiger charge is 2.40. The van der Waals surface area contributed by atoms with E-state index in [0.717, 1.165) is 34.5 Å². The minimum atomic E-state index is -0.312. The summed E-state index contributed by atoms with van der Waals surface area (Å²) in [5, 5.41) is 14.9. The zero-order valence-electron chi connectivity index (χ0n) is 14.2. The fourth-order valence-corrected chi connectivity index (χ4v) is 4.20. The summed E-state index contributed by atoms with van der Waals surface area (Å²) in [7, 11) is 1.69. The number of nitrogens with one attached hydrogen (secondary N) is 1. The monoisotopic (exact) mass is 336 g/mol. The second-order valence-electron chi connectivity index (χ2n) is 6.70. The van der Waals surface area contributed by atoms with E-state index in [-0.39, 0.29) is 22.6 Å². The highest BCUT2D eigenvalue weighted by molar-refractivity contribution is 5.67. The van der Waals surface area contributed by atoms with Gasteiger partial charge in [0, 0.05) is 29.3 Å². The molecule has 1 aliphatic heterocycles. The molecule has 128 valence electrons. The fourth-order valence-electron chi connectivity index (χ4n) is 4.20. The van der Waals surface area contributed by atoms with Gasteiger partial charge in [-0.1, -0.05) is 30.4 Å². The second kappa shape index (κ2) is 5.92. The molecule has 4 rings (SSSR count). The van der Waals surface area contributed by atoms with Crippen LogP contribution in [0.2, 0.25) is 0 Å². The van der Waals surface area contributed by atoms with E-state index in [4.69, 9.17) is 4.74 Å². The van der Waals surface area contributed by atoms with E-state index >= 15 is 0 Å². The SMILES string of the molecule is COc1ccccc1[C@@H]1Nc2c(C)cc([N+](=O)[O-])cc2[C@H]2C=CC[C@H]21.